The molecular formula is C25H19IN2O6. The van der Waals surface area contributed by atoms with Gasteiger partial charge in [-0.05, 0) is 71.0 Å². The number of ether oxygens (including phenoxy) is 2. The number of oxime groups is 1. The molecule has 9 heteroatoms. The maximum Gasteiger partial charge on any atom is 0.368 e. The highest BCUT2D eigenvalue weighted by Crippen LogP contribution is 2.36. The van der Waals surface area contributed by atoms with E-state index in [1.54, 1.807) is 24.3 Å². The fraction of sp³-hybridized carbons (Fsp3) is 0.120. The maximum atomic E-state index is 12.3. The number of hydrogen-bond donors (Lipinski definition) is 0. The van der Waals surface area contributed by atoms with Gasteiger partial charge >= 0.3 is 5.97 Å². The third-order valence-electron chi connectivity index (χ3n) is 4.92. The molecule has 0 N–H and O–H groups in total. The predicted molar refractivity (Wildman–Crippen MR) is 135 cm³/mol. The lowest BCUT2D eigenvalue weighted by Gasteiger charge is -2.15. The number of non-ortho nitro benzene ring substituents is 1. The first kappa shape index (κ1) is 23.4. The van der Waals surface area contributed by atoms with Crippen molar-refractivity contribution in [2.24, 2.45) is 5.16 Å². The van der Waals surface area contributed by atoms with Crippen LogP contribution in [-0.4, -0.2) is 23.2 Å². The average Bonchev–Trinajstić information content (AvgIpc) is 3.19. The molecule has 0 bridgehead atoms. The monoisotopic (exact) mass is 570 g/mol. The summed E-state index contributed by atoms with van der Waals surface area (Å²) in [5, 5.41) is 14.8. The zero-order valence-corrected chi connectivity index (χ0v) is 20.2. The number of hydrogen-bond acceptors (Lipinski definition) is 7. The third kappa shape index (κ3) is 5.25. The van der Waals surface area contributed by atoms with Crippen LogP contribution in [0.2, 0.25) is 0 Å². The molecule has 0 aliphatic carbocycles. The Labute approximate surface area is 209 Å². The van der Waals surface area contributed by atoms with Gasteiger partial charge in [-0.15, -0.1) is 0 Å². The Morgan fingerprint density at radius 2 is 1.82 bits per heavy atom. The lowest BCUT2D eigenvalue weighted by atomic mass is 10.0. The minimum Gasteiger partial charge on any atom is -0.490 e. The van der Waals surface area contributed by atoms with Crippen LogP contribution < -0.4 is 9.47 Å². The number of rotatable bonds is 8. The Hall–Kier alpha value is -3.73. The number of nitro benzene ring substituents is 1. The number of carbonyl (C=O) groups excluding carboxylic acids is 1. The molecule has 3 aromatic rings. The topological polar surface area (TPSA) is 100 Å². The summed E-state index contributed by atoms with van der Waals surface area (Å²) in [6.07, 6.45) is 1.71. The number of nitrogens with zero attached hydrogens (tertiary/aromatic N) is 2. The quantitative estimate of drug-likeness (QED) is 0.116. The second kappa shape index (κ2) is 10.5. The van der Waals surface area contributed by atoms with Gasteiger partial charge in [0.1, 0.15) is 12.3 Å². The molecule has 4 rings (SSSR count). The Balaban J connectivity index is 1.61. The summed E-state index contributed by atoms with van der Waals surface area (Å²) in [7, 11) is 0. The first-order valence-corrected chi connectivity index (χ1v) is 11.4. The van der Waals surface area contributed by atoms with Gasteiger partial charge in [-0.2, -0.15) is 0 Å². The van der Waals surface area contributed by atoms with Crippen molar-refractivity contribution in [2.75, 3.05) is 6.61 Å². The number of nitro groups is 1. The van der Waals surface area contributed by atoms with E-state index in [0.29, 0.717) is 29.4 Å². The van der Waals surface area contributed by atoms with Gasteiger partial charge in [0.25, 0.3) is 5.69 Å². The molecule has 0 atom stereocenters. The lowest BCUT2D eigenvalue weighted by molar-refractivity contribution is -0.384. The second-order valence-electron chi connectivity index (χ2n) is 7.22. The first-order valence-electron chi connectivity index (χ1n) is 10.4. The maximum absolute atomic E-state index is 12.3. The normalized spacial score (nSPS) is 14.0. The van der Waals surface area contributed by atoms with E-state index in [2.05, 4.69) is 27.7 Å². The zero-order chi connectivity index (χ0) is 24.1. The molecule has 172 valence electrons. The van der Waals surface area contributed by atoms with Crippen LogP contribution in [0.1, 0.15) is 23.6 Å². The van der Waals surface area contributed by atoms with Gasteiger partial charge in [-0.25, -0.2) is 4.79 Å². The van der Waals surface area contributed by atoms with Crippen LogP contribution in [0.15, 0.2) is 77.5 Å². The standard InChI is InChI=1S/C25H19IN2O6/c1-2-32-22-14-17(12-20-23(27-34-25(20)29)18-6-4-3-5-7-18)13-21(26)24(22)33-15-16-8-10-19(11-9-16)28(30)31/h3-14H,2,15H2,1H3/b20-12-. The molecule has 34 heavy (non-hydrogen) atoms. The summed E-state index contributed by atoms with van der Waals surface area (Å²) in [6.45, 7) is 2.50. The van der Waals surface area contributed by atoms with Crippen molar-refractivity contribution in [1.82, 2.24) is 0 Å². The molecule has 0 fully saturated rings. The summed E-state index contributed by atoms with van der Waals surface area (Å²) in [6, 6.07) is 19.2. The van der Waals surface area contributed by atoms with E-state index in [1.807, 2.05) is 43.3 Å². The summed E-state index contributed by atoms with van der Waals surface area (Å²) in [5.74, 6) is 0.548. The molecule has 3 aromatic carbocycles. The van der Waals surface area contributed by atoms with Crippen molar-refractivity contribution in [3.63, 3.8) is 0 Å². The molecule has 0 radical (unpaired) electrons. The van der Waals surface area contributed by atoms with E-state index >= 15 is 0 Å². The predicted octanol–water partition coefficient (Wildman–Crippen LogP) is 5.52. The van der Waals surface area contributed by atoms with E-state index in [0.717, 1.165) is 20.3 Å². The molecule has 8 nitrogen and oxygen atoms in total. The van der Waals surface area contributed by atoms with Crippen LogP contribution in [-0.2, 0) is 16.2 Å². The van der Waals surface area contributed by atoms with E-state index in [9.17, 15) is 14.9 Å². The van der Waals surface area contributed by atoms with E-state index in [-0.39, 0.29) is 12.3 Å². The molecule has 0 amide bonds. The number of carbonyl (C=O) groups is 1. The van der Waals surface area contributed by atoms with Crippen LogP contribution in [0.25, 0.3) is 6.08 Å². The Bertz CT molecular complexity index is 1290. The van der Waals surface area contributed by atoms with Gasteiger partial charge in [0.05, 0.1) is 20.7 Å². The molecule has 0 saturated heterocycles. The molecule has 0 aromatic heterocycles. The van der Waals surface area contributed by atoms with Crippen LogP contribution in [0.3, 0.4) is 0 Å². The highest BCUT2D eigenvalue weighted by atomic mass is 127. The van der Waals surface area contributed by atoms with Crippen molar-refractivity contribution in [1.29, 1.82) is 0 Å². The van der Waals surface area contributed by atoms with Crippen molar-refractivity contribution < 1.29 is 24.0 Å². The number of halogens is 1. The Kier molecular flexibility index (Phi) is 7.21. The largest absolute Gasteiger partial charge is 0.490 e. The van der Waals surface area contributed by atoms with Gasteiger partial charge in [-0.1, -0.05) is 35.5 Å². The fourth-order valence-electron chi connectivity index (χ4n) is 3.32. The fourth-order valence-corrected chi connectivity index (χ4v) is 4.11. The van der Waals surface area contributed by atoms with Gasteiger partial charge in [0.2, 0.25) is 0 Å². The van der Waals surface area contributed by atoms with E-state index in [1.165, 1.54) is 12.1 Å². The molecule has 1 aliphatic rings. The minimum atomic E-state index is -0.523. The van der Waals surface area contributed by atoms with Gasteiger partial charge in [0.15, 0.2) is 11.5 Å². The zero-order valence-electron chi connectivity index (χ0n) is 18.1. The van der Waals surface area contributed by atoms with Crippen molar-refractivity contribution in [3.05, 3.63) is 103 Å². The molecule has 0 spiro atoms. The number of benzene rings is 3. The van der Waals surface area contributed by atoms with Crippen molar-refractivity contribution >= 4 is 46.0 Å². The molecule has 1 heterocycles. The van der Waals surface area contributed by atoms with E-state index in [4.69, 9.17) is 14.3 Å². The van der Waals surface area contributed by atoms with Gasteiger partial charge in [-0.3, -0.25) is 10.1 Å². The Morgan fingerprint density at radius 1 is 1.09 bits per heavy atom. The first-order chi connectivity index (χ1) is 16.5. The lowest BCUT2D eigenvalue weighted by Crippen LogP contribution is -2.07. The SMILES string of the molecule is CCOc1cc(/C=C2\C(=O)ON=C2c2ccccc2)cc(I)c1OCc1ccc([N+](=O)[O-])cc1. The highest BCUT2D eigenvalue weighted by Gasteiger charge is 2.27. The molecule has 0 unspecified atom stereocenters. The van der Waals surface area contributed by atoms with Crippen molar-refractivity contribution in [3.8, 4) is 11.5 Å². The molecule has 1 aliphatic heterocycles. The van der Waals surface area contributed by atoms with Crippen molar-refractivity contribution in [2.45, 2.75) is 13.5 Å². The summed E-state index contributed by atoms with van der Waals surface area (Å²) in [4.78, 5) is 27.7. The average molecular weight is 570 g/mol. The van der Waals surface area contributed by atoms with Gasteiger partial charge in [0, 0.05) is 17.7 Å². The highest BCUT2D eigenvalue weighted by molar-refractivity contribution is 14.1. The van der Waals surface area contributed by atoms with Crippen LogP contribution >= 0.6 is 22.6 Å². The van der Waals surface area contributed by atoms with E-state index < -0.39 is 10.9 Å². The van der Waals surface area contributed by atoms with Gasteiger partial charge < -0.3 is 14.3 Å². The minimum absolute atomic E-state index is 0.0228. The second-order valence-corrected chi connectivity index (χ2v) is 8.38. The third-order valence-corrected chi connectivity index (χ3v) is 5.72. The molecule has 0 saturated carbocycles. The summed E-state index contributed by atoms with van der Waals surface area (Å²) in [5.41, 5.74) is 3.14. The Morgan fingerprint density at radius 3 is 2.50 bits per heavy atom. The van der Waals surface area contributed by atoms with Crippen LogP contribution in [0, 0.1) is 13.7 Å². The van der Waals surface area contributed by atoms with Crippen LogP contribution in [0.4, 0.5) is 5.69 Å². The summed E-state index contributed by atoms with van der Waals surface area (Å²) >= 11 is 2.15. The molecular weight excluding hydrogens is 551 g/mol. The van der Waals surface area contributed by atoms with Crippen LogP contribution in [0.5, 0.6) is 11.5 Å². The smallest absolute Gasteiger partial charge is 0.368 e. The summed E-state index contributed by atoms with van der Waals surface area (Å²) < 4.78 is 12.6.